The Morgan fingerprint density at radius 2 is 2.26 bits per heavy atom. The number of methoxy groups -OCH3 is 1. The van der Waals surface area contributed by atoms with Crippen molar-refractivity contribution >= 4 is 17.3 Å². The Kier molecular flexibility index (Phi) is 2.94. The van der Waals surface area contributed by atoms with Crippen molar-refractivity contribution < 1.29 is 14.6 Å². The number of aromatic nitrogens is 2. The van der Waals surface area contributed by atoms with Gasteiger partial charge in [0.2, 0.25) is 5.88 Å². The molecule has 0 unspecified atom stereocenters. The molecule has 19 heavy (non-hydrogen) atoms. The predicted molar refractivity (Wildman–Crippen MR) is 70.8 cm³/mol. The van der Waals surface area contributed by atoms with E-state index in [1.807, 2.05) is 6.07 Å². The number of hydrogen-bond donors (Lipinski definition) is 1. The maximum atomic E-state index is 11.2. The molecule has 1 N–H and O–H groups in total. The number of thiazole rings is 1. The second-order valence-electron chi connectivity index (χ2n) is 4.40. The molecular formula is C13H12N2O3S. The molecule has 0 atom stereocenters. The van der Waals surface area contributed by atoms with E-state index in [0.717, 1.165) is 24.1 Å². The lowest BCUT2D eigenvalue weighted by Crippen LogP contribution is -1.97. The molecule has 0 saturated heterocycles. The van der Waals surface area contributed by atoms with Crippen LogP contribution < -0.4 is 4.74 Å². The first-order valence-corrected chi connectivity index (χ1v) is 6.75. The lowest BCUT2D eigenvalue weighted by molar-refractivity contribution is 0.0700. The summed E-state index contributed by atoms with van der Waals surface area (Å²) in [5.74, 6) is -0.0457. The van der Waals surface area contributed by atoms with Crippen LogP contribution in [0, 0.1) is 0 Å². The number of rotatable bonds is 4. The topological polar surface area (TPSA) is 72.3 Å². The van der Waals surface area contributed by atoms with Gasteiger partial charge in [-0.25, -0.2) is 14.8 Å². The molecule has 0 radical (unpaired) electrons. The number of nitrogens with zero attached hydrogens (tertiary/aromatic N) is 2. The minimum Gasteiger partial charge on any atom is -0.481 e. The summed E-state index contributed by atoms with van der Waals surface area (Å²) in [6.45, 7) is 0. The van der Waals surface area contributed by atoms with Crippen molar-refractivity contribution in [3.63, 3.8) is 0 Å². The van der Waals surface area contributed by atoms with Crippen LogP contribution in [-0.4, -0.2) is 28.2 Å². The molecule has 0 aliphatic heterocycles. The largest absolute Gasteiger partial charge is 0.481 e. The van der Waals surface area contributed by atoms with Crippen LogP contribution in [0.2, 0.25) is 0 Å². The summed E-state index contributed by atoms with van der Waals surface area (Å²) < 4.78 is 5.00. The van der Waals surface area contributed by atoms with Gasteiger partial charge in [0.25, 0.3) is 0 Å². The molecule has 2 aromatic heterocycles. The Bertz CT molecular complexity index is 617. The molecule has 0 spiro atoms. The number of aromatic carboxylic acids is 1. The number of carboxylic acids is 1. The second-order valence-corrected chi connectivity index (χ2v) is 5.40. The molecule has 5 nitrogen and oxygen atoms in total. The van der Waals surface area contributed by atoms with Crippen molar-refractivity contribution in [3.8, 4) is 16.5 Å². The van der Waals surface area contributed by atoms with Crippen molar-refractivity contribution in [2.45, 2.75) is 18.8 Å². The Hall–Kier alpha value is -1.95. The van der Waals surface area contributed by atoms with Gasteiger partial charge in [-0.05, 0) is 18.9 Å². The normalized spacial score (nSPS) is 14.4. The third-order valence-corrected chi connectivity index (χ3v) is 4.11. The summed E-state index contributed by atoms with van der Waals surface area (Å²) in [6, 6.07) is 3.58. The fraction of sp³-hybridized carbons (Fsp3) is 0.308. The molecule has 0 bridgehead atoms. The lowest BCUT2D eigenvalue weighted by Gasteiger charge is -1.98. The Balaban J connectivity index is 1.99. The van der Waals surface area contributed by atoms with Crippen molar-refractivity contribution in [1.82, 2.24) is 9.97 Å². The maximum absolute atomic E-state index is 11.2. The summed E-state index contributed by atoms with van der Waals surface area (Å²) in [4.78, 5) is 20.2. The van der Waals surface area contributed by atoms with Crippen molar-refractivity contribution in [3.05, 3.63) is 28.9 Å². The standard InChI is InChI=1S/C13H12N2O3S/c1-18-9-5-4-8(6-14-9)12-15-10(7-2-3-7)11(19-12)13(16)17/h4-7H,2-3H2,1H3,(H,16,17). The Morgan fingerprint density at radius 1 is 1.47 bits per heavy atom. The van der Waals surface area contributed by atoms with Gasteiger partial charge < -0.3 is 9.84 Å². The highest BCUT2D eigenvalue weighted by Gasteiger charge is 2.32. The third-order valence-electron chi connectivity index (χ3n) is 3.00. The monoisotopic (exact) mass is 276 g/mol. The van der Waals surface area contributed by atoms with Gasteiger partial charge in [0, 0.05) is 23.7 Å². The average Bonchev–Trinajstić information content (AvgIpc) is 3.17. The number of hydrogen-bond acceptors (Lipinski definition) is 5. The quantitative estimate of drug-likeness (QED) is 0.929. The van der Waals surface area contributed by atoms with E-state index in [2.05, 4.69) is 9.97 Å². The van der Waals surface area contributed by atoms with Gasteiger partial charge in [-0.3, -0.25) is 0 Å². The molecule has 1 fully saturated rings. The summed E-state index contributed by atoms with van der Waals surface area (Å²) in [7, 11) is 1.55. The van der Waals surface area contributed by atoms with Gasteiger partial charge >= 0.3 is 5.97 Å². The van der Waals surface area contributed by atoms with Crippen LogP contribution >= 0.6 is 11.3 Å². The van der Waals surface area contributed by atoms with E-state index < -0.39 is 5.97 Å². The molecule has 1 aliphatic carbocycles. The molecule has 6 heteroatoms. The Labute approximate surface area is 113 Å². The smallest absolute Gasteiger partial charge is 0.347 e. The predicted octanol–water partition coefficient (Wildman–Crippen LogP) is 2.79. The summed E-state index contributed by atoms with van der Waals surface area (Å²) >= 11 is 1.21. The van der Waals surface area contributed by atoms with E-state index in [1.165, 1.54) is 11.3 Å². The summed E-state index contributed by atoms with van der Waals surface area (Å²) in [6.07, 6.45) is 3.72. The SMILES string of the molecule is COc1ccc(-c2nc(C3CC3)c(C(=O)O)s2)cn1. The van der Waals surface area contributed by atoms with E-state index in [-0.39, 0.29) is 0 Å². The highest BCUT2D eigenvalue weighted by molar-refractivity contribution is 7.17. The zero-order chi connectivity index (χ0) is 13.4. The van der Waals surface area contributed by atoms with Crippen LogP contribution in [0.1, 0.15) is 34.1 Å². The second kappa shape index (κ2) is 4.62. The van der Waals surface area contributed by atoms with E-state index in [4.69, 9.17) is 4.74 Å². The minimum absolute atomic E-state index is 0.322. The number of carbonyl (C=O) groups is 1. The fourth-order valence-electron chi connectivity index (χ4n) is 1.87. The molecule has 2 heterocycles. The molecule has 0 amide bonds. The average molecular weight is 276 g/mol. The zero-order valence-electron chi connectivity index (χ0n) is 10.3. The van der Waals surface area contributed by atoms with Crippen molar-refractivity contribution in [2.24, 2.45) is 0 Å². The van der Waals surface area contributed by atoms with Crippen LogP contribution in [0.3, 0.4) is 0 Å². The first-order chi connectivity index (χ1) is 9.19. The number of carboxylic acid groups (broad SMARTS) is 1. The van der Waals surface area contributed by atoms with Gasteiger partial charge in [0.1, 0.15) is 9.88 Å². The molecule has 1 saturated carbocycles. The van der Waals surface area contributed by atoms with Gasteiger partial charge in [-0.1, -0.05) is 0 Å². The van der Waals surface area contributed by atoms with Crippen LogP contribution in [0.4, 0.5) is 0 Å². The summed E-state index contributed by atoms with van der Waals surface area (Å²) in [5.41, 5.74) is 1.54. The zero-order valence-corrected chi connectivity index (χ0v) is 11.1. The highest BCUT2D eigenvalue weighted by atomic mass is 32.1. The maximum Gasteiger partial charge on any atom is 0.347 e. The first-order valence-electron chi connectivity index (χ1n) is 5.93. The number of pyridine rings is 1. The van der Waals surface area contributed by atoms with E-state index >= 15 is 0 Å². The minimum atomic E-state index is -0.896. The van der Waals surface area contributed by atoms with E-state index in [1.54, 1.807) is 19.4 Å². The first kappa shape index (κ1) is 12.1. The molecular weight excluding hydrogens is 264 g/mol. The lowest BCUT2D eigenvalue weighted by atomic mass is 10.2. The van der Waals surface area contributed by atoms with Crippen LogP contribution in [-0.2, 0) is 0 Å². The molecule has 2 aromatic rings. The van der Waals surface area contributed by atoms with Gasteiger partial charge in [-0.15, -0.1) is 11.3 Å². The molecule has 98 valence electrons. The van der Waals surface area contributed by atoms with Crippen molar-refractivity contribution in [2.75, 3.05) is 7.11 Å². The van der Waals surface area contributed by atoms with Crippen molar-refractivity contribution in [1.29, 1.82) is 0 Å². The fourth-order valence-corrected chi connectivity index (χ4v) is 2.85. The molecule has 1 aliphatic rings. The number of ether oxygens (including phenoxy) is 1. The van der Waals surface area contributed by atoms with Crippen LogP contribution in [0.5, 0.6) is 5.88 Å². The summed E-state index contributed by atoms with van der Waals surface area (Å²) in [5, 5.41) is 9.92. The third kappa shape index (κ3) is 2.31. The van der Waals surface area contributed by atoms with E-state index in [0.29, 0.717) is 21.7 Å². The molecule has 3 rings (SSSR count). The van der Waals surface area contributed by atoms with Crippen LogP contribution in [0.25, 0.3) is 10.6 Å². The van der Waals surface area contributed by atoms with Gasteiger partial charge in [-0.2, -0.15) is 0 Å². The van der Waals surface area contributed by atoms with Gasteiger partial charge in [0.15, 0.2) is 0 Å². The van der Waals surface area contributed by atoms with E-state index in [9.17, 15) is 9.90 Å². The Morgan fingerprint density at radius 3 is 2.79 bits per heavy atom. The van der Waals surface area contributed by atoms with Gasteiger partial charge in [0.05, 0.1) is 12.8 Å². The van der Waals surface area contributed by atoms with Crippen LogP contribution in [0.15, 0.2) is 18.3 Å². The highest BCUT2D eigenvalue weighted by Crippen LogP contribution is 2.44. The molecule has 0 aromatic carbocycles.